The van der Waals surface area contributed by atoms with Crippen LogP contribution >= 0.6 is 0 Å². The molecule has 4 heteroatoms. The van der Waals surface area contributed by atoms with Gasteiger partial charge in [-0.25, -0.2) is 4.98 Å². The van der Waals surface area contributed by atoms with Crippen molar-refractivity contribution in [1.29, 1.82) is 0 Å². The van der Waals surface area contributed by atoms with Crippen LogP contribution in [0.4, 0.5) is 0 Å². The van der Waals surface area contributed by atoms with Gasteiger partial charge in [-0.2, -0.15) is 0 Å². The van der Waals surface area contributed by atoms with Gasteiger partial charge >= 0.3 is 0 Å². The number of nitrogens with zero attached hydrogens (tertiary/aromatic N) is 2. The third-order valence-corrected chi connectivity index (χ3v) is 2.66. The average Bonchev–Trinajstić information content (AvgIpc) is 2.29. The molecule has 1 N–H and O–H groups in total. The smallest absolute Gasteiger partial charge is 0.217 e. The third-order valence-electron chi connectivity index (χ3n) is 2.66. The van der Waals surface area contributed by atoms with Gasteiger partial charge in [-0.3, -0.25) is 0 Å². The minimum absolute atomic E-state index is 0.632. The summed E-state index contributed by atoms with van der Waals surface area (Å²) in [6.45, 7) is 5.20. The van der Waals surface area contributed by atoms with E-state index in [1.807, 2.05) is 13.1 Å². The molecule has 0 spiro atoms. The van der Waals surface area contributed by atoms with Crippen molar-refractivity contribution in [3.05, 3.63) is 23.9 Å². The largest absolute Gasteiger partial charge is 0.481 e. The predicted molar refractivity (Wildman–Crippen MR) is 70.2 cm³/mol. The highest BCUT2D eigenvalue weighted by Gasteiger charge is 2.09. The Morgan fingerprint density at radius 2 is 2.29 bits per heavy atom. The van der Waals surface area contributed by atoms with Crippen molar-refractivity contribution in [2.75, 3.05) is 34.3 Å². The molecule has 1 atom stereocenters. The highest BCUT2D eigenvalue weighted by molar-refractivity contribution is 5.25. The molecule has 0 aliphatic carbocycles. The number of hydrogen-bond donors (Lipinski definition) is 1. The highest BCUT2D eigenvalue weighted by atomic mass is 16.5. The molecule has 1 unspecified atom stereocenters. The number of ether oxygens (including phenoxy) is 1. The van der Waals surface area contributed by atoms with Crippen LogP contribution in [-0.2, 0) is 6.54 Å². The fourth-order valence-corrected chi connectivity index (χ4v) is 2.03. The molecule has 1 aromatic rings. The van der Waals surface area contributed by atoms with Crippen molar-refractivity contribution >= 4 is 0 Å². The molecule has 96 valence electrons. The van der Waals surface area contributed by atoms with Gasteiger partial charge < -0.3 is 15.0 Å². The van der Waals surface area contributed by atoms with Gasteiger partial charge in [0.05, 0.1) is 7.11 Å². The lowest BCUT2D eigenvalue weighted by atomic mass is 10.1. The van der Waals surface area contributed by atoms with Gasteiger partial charge in [0.1, 0.15) is 0 Å². The monoisotopic (exact) mass is 237 g/mol. The zero-order chi connectivity index (χ0) is 12.7. The zero-order valence-electron chi connectivity index (χ0n) is 11.2. The molecule has 0 aliphatic heterocycles. The van der Waals surface area contributed by atoms with E-state index < -0.39 is 0 Å². The molecule has 4 nitrogen and oxygen atoms in total. The molecular formula is C13H23N3O. The second kappa shape index (κ2) is 7.25. The van der Waals surface area contributed by atoms with E-state index in [0.717, 1.165) is 31.1 Å². The summed E-state index contributed by atoms with van der Waals surface area (Å²) in [6, 6.07) is 4.01. The predicted octanol–water partition coefficient (Wildman–Crippen LogP) is 1.38. The summed E-state index contributed by atoms with van der Waals surface area (Å²) in [4.78, 5) is 6.50. The molecule has 0 radical (unpaired) electrons. The molecule has 0 saturated carbocycles. The molecule has 1 rings (SSSR count). The van der Waals surface area contributed by atoms with E-state index in [9.17, 15) is 0 Å². The summed E-state index contributed by atoms with van der Waals surface area (Å²) in [5.41, 5.74) is 1.13. The number of methoxy groups -OCH3 is 1. The Morgan fingerprint density at radius 1 is 1.53 bits per heavy atom. The molecule has 17 heavy (non-hydrogen) atoms. The molecule has 0 aromatic carbocycles. The molecule has 0 fully saturated rings. The topological polar surface area (TPSA) is 37.4 Å². The Balaban J connectivity index is 2.52. The van der Waals surface area contributed by atoms with E-state index in [1.165, 1.54) is 0 Å². The first-order valence-electron chi connectivity index (χ1n) is 5.98. The van der Waals surface area contributed by atoms with Gasteiger partial charge in [0.2, 0.25) is 5.88 Å². The first-order chi connectivity index (χ1) is 8.17. The van der Waals surface area contributed by atoms with Crippen LogP contribution in [0.1, 0.15) is 12.5 Å². The summed E-state index contributed by atoms with van der Waals surface area (Å²) >= 11 is 0. The Morgan fingerprint density at radius 3 is 2.94 bits per heavy atom. The lowest BCUT2D eigenvalue weighted by molar-refractivity contribution is 0.270. The second-order valence-electron chi connectivity index (χ2n) is 4.53. The summed E-state index contributed by atoms with van der Waals surface area (Å²) in [5.74, 6) is 1.35. The maximum Gasteiger partial charge on any atom is 0.217 e. The summed E-state index contributed by atoms with van der Waals surface area (Å²) in [5, 5.41) is 3.20. The van der Waals surface area contributed by atoms with Crippen molar-refractivity contribution in [1.82, 2.24) is 15.2 Å². The van der Waals surface area contributed by atoms with Crippen molar-refractivity contribution in [2.24, 2.45) is 5.92 Å². The molecule has 0 amide bonds. The highest BCUT2D eigenvalue weighted by Crippen LogP contribution is 2.15. The molecule has 0 aliphatic rings. The third kappa shape index (κ3) is 4.71. The SMILES string of the molecule is CNCC(C)CN(C)Cc1cccnc1OC. The van der Waals surface area contributed by atoms with Gasteiger partial charge in [-0.1, -0.05) is 13.0 Å². The number of rotatable bonds is 7. The number of pyridine rings is 1. The minimum Gasteiger partial charge on any atom is -0.481 e. The fraction of sp³-hybridized carbons (Fsp3) is 0.615. The van der Waals surface area contributed by atoms with Crippen LogP contribution in [0.5, 0.6) is 5.88 Å². The van der Waals surface area contributed by atoms with Gasteiger partial charge in [0, 0.05) is 24.8 Å². The summed E-state index contributed by atoms with van der Waals surface area (Å²) < 4.78 is 5.25. The van der Waals surface area contributed by atoms with E-state index in [4.69, 9.17) is 4.74 Å². The maximum absolute atomic E-state index is 5.25. The van der Waals surface area contributed by atoms with Crippen molar-refractivity contribution < 1.29 is 4.74 Å². The van der Waals surface area contributed by atoms with Crippen LogP contribution < -0.4 is 10.1 Å². The number of nitrogens with one attached hydrogen (secondary N) is 1. The van der Waals surface area contributed by atoms with Gasteiger partial charge in [0.25, 0.3) is 0 Å². The Kier molecular flexibility index (Phi) is 5.94. The van der Waals surface area contributed by atoms with E-state index in [1.54, 1.807) is 13.3 Å². The van der Waals surface area contributed by atoms with Gasteiger partial charge in [-0.05, 0) is 32.6 Å². The lowest BCUT2D eigenvalue weighted by Gasteiger charge is -2.21. The number of hydrogen-bond acceptors (Lipinski definition) is 4. The zero-order valence-corrected chi connectivity index (χ0v) is 11.2. The molecular weight excluding hydrogens is 214 g/mol. The van der Waals surface area contributed by atoms with Crippen LogP contribution in [0.3, 0.4) is 0 Å². The first kappa shape index (κ1) is 13.9. The normalized spacial score (nSPS) is 12.8. The fourth-order valence-electron chi connectivity index (χ4n) is 2.03. The van der Waals surface area contributed by atoms with Crippen LogP contribution in [0.25, 0.3) is 0 Å². The Hall–Kier alpha value is -1.13. The second-order valence-corrected chi connectivity index (χ2v) is 4.53. The average molecular weight is 237 g/mol. The van der Waals surface area contributed by atoms with Crippen LogP contribution in [0, 0.1) is 5.92 Å². The first-order valence-corrected chi connectivity index (χ1v) is 5.98. The minimum atomic E-state index is 0.632. The van der Waals surface area contributed by atoms with Crippen molar-refractivity contribution in [3.63, 3.8) is 0 Å². The molecule has 0 bridgehead atoms. The molecule has 1 heterocycles. The van der Waals surface area contributed by atoms with Crippen LogP contribution in [0.15, 0.2) is 18.3 Å². The maximum atomic E-state index is 5.25. The van der Waals surface area contributed by atoms with E-state index in [2.05, 4.69) is 35.2 Å². The standard InChI is InChI=1S/C13H23N3O/c1-11(8-14-2)9-16(3)10-12-6-5-7-15-13(12)17-4/h5-7,11,14H,8-10H2,1-4H3. The number of aromatic nitrogens is 1. The molecule has 0 saturated heterocycles. The Labute approximate surface area is 104 Å². The van der Waals surface area contributed by atoms with Gasteiger partial charge in [-0.15, -0.1) is 0 Å². The van der Waals surface area contributed by atoms with Gasteiger partial charge in [0.15, 0.2) is 0 Å². The van der Waals surface area contributed by atoms with Crippen LogP contribution in [0.2, 0.25) is 0 Å². The quantitative estimate of drug-likeness (QED) is 0.777. The van der Waals surface area contributed by atoms with Crippen molar-refractivity contribution in [2.45, 2.75) is 13.5 Å². The van der Waals surface area contributed by atoms with E-state index in [0.29, 0.717) is 5.92 Å². The Bertz CT molecular complexity index is 330. The van der Waals surface area contributed by atoms with E-state index in [-0.39, 0.29) is 0 Å². The molecule has 1 aromatic heterocycles. The summed E-state index contributed by atoms with van der Waals surface area (Å²) in [7, 11) is 5.77. The van der Waals surface area contributed by atoms with Crippen molar-refractivity contribution in [3.8, 4) is 5.88 Å². The lowest BCUT2D eigenvalue weighted by Crippen LogP contribution is -2.29. The van der Waals surface area contributed by atoms with Crippen LogP contribution in [-0.4, -0.2) is 44.2 Å². The summed E-state index contributed by atoms with van der Waals surface area (Å²) in [6.07, 6.45) is 1.76. The van der Waals surface area contributed by atoms with E-state index >= 15 is 0 Å².